The molecular formula is C12H15N3O3. The van der Waals surface area contributed by atoms with E-state index in [1.165, 1.54) is 18.2 Å². The van der Waals surface area contributed by atoms with Gasteiger partial charge in [0.15, 0.2) is 0 Å². The highest BCUT2D eigenvalue weighted by Gasteiger charge is 2.08. The molecule has 0 aliphatic rings. The van der Waals surface area contributed by atoms with E-state index in [0.717, 1.165) is 6.42 Å². The molecule has 0 aliphatic carbocycles. The van der Waals surface area contributed by atoms with Crippen LogP contribution in [0.15, 0.2) is 23.3 Å². The molecule has 0 radical (unpaired) electrons. The standard InChI is InChI=1S/C12H15N3O3/c1-8(2)5-6-18-11-4-3-9(12(16)17)7-10(11)14-15-13/h3-4,7-8H,5-6H2,1-2H3,(H,16,17). The summed E-state index contributed by atoms with van der Waals surface area (Å²) in [5.41, 5.74) is 8.70. The topological polar surface area (TPSA) is 95.3 Å². The minimum Gasteiger partial charge on any atom is -0.493 e. The fourth-order valence-electron chi connectivity index (χ4n) is 1.30. The number of nitrogens with zero attached hydrogens (tertiary/aromatic N) is 3. The molecule has 0 saturated carbocycles. The highest BCUT2D eigenvalue weighted by atomic mass is 16.5. The van der Waals surface area contributed by atoms with E-state index in [9.17, 15) is 4.79 Å². The van der Waals surface area contributed by atoms with Crippen LogP contribution in [-0.2, 0) is 0 Å². The number of hydrogen-bond donors (Lipinski definition) is 1. The first kappa shape index (κ1) is 13.9. The van der Waals surface area contributed by atoms with Crippen molar-refractivity contribution in [2.24, 2.45) is 11.0 Å². The first-order chi connectivity index (χ1) is 8.54. The highest BCUT2D eigenvalue weighted by molar-refractivity contribution is 5.89. The monoisotopic (exact) mass is 249 g/mol. The second-order valence-electron chi connectivity index (χ2n) is 4.21. The Hall–Kier alpha value is -2.20. The normalized spacial score (nSPS) is 9.94. The van der Waals surface area contributed by atoms with E-state index in [0.29, 0.717) is 18.3 Å². The van der Waals surface area contributed by atoms with Gasteiger partial charge in [-0.3, -0.25) is 0 Å². The molecule has 0 saturated heterocycles. The molecule has 0 bridgehead atoms. The van der Waals surface area contributed by atoms with Crippen LogP contribution in [0.5, 0.6) is 5.75 Å². The molecular weight excluding hydrogens is 234 g/mol. The Bertz CT molecular complexity index is 479. The predicted molar refractivity (Wildman–Crippen MR) is 67.2 cm³/mol. The Labute approximate surface area is 105 Å². The number of ether oxygens (including phenoxy) is 1. The lowest BCUT2D eigenvalue weighted by Crippen LogP contribution is -2.02. The van der Waals surface area contributed by atoms with Gasteiger partial charge in [0.2, 0.25) is 0 Å². The molecule has 6 nitrogen and oxygen atoms in total. The van der Waals surface area contributed by atoms with E-state index in [1.807, 2.05) is 0 Å². The summed E-state index contributed by atoms with van der Waals surface area (Å²) < 4.78 is 5.48. The number of aromatic carboxylic acids is 1. The molecule has 0 unspecified atom stereocenters. The molecule has 1 rings (SSSR count). The lowest BCUT2D eigenvalue weighted by molar-refractivity contribution is 0.0697. The van der Waals surface area contributed by atoms with Crippen molar-refractivity contribution in [1.29, 1.82) is 0 Å². The molecule has 1 N–H and O–H groups in total. The Morgan fingerprint density at radius 2 is 2.28 bits per heavy atom. The molecule has 6 heteroatoms. The van der Waals surface area contributed by atoms with Gasteiger partial charge in [0.05, 0.1) is 17.9 Å². The Morgan fingerprint density at radius 1 is 1.56 bits per heavy atom. The molecule has 1 aromatic carbocycles. The largest absolute Gasteiger partial charge is 0.493 e. The summed E-state index contributed by atoms with van der Waals surface area (Å²) in [5, 5.41) is 12.3. The van der Waals surface area contributed by atoms with E-state index >= 15 is 0 Å². The quantitative estimate of drug-likeness (QED) is 0.472. The van der Waals surface area contributed by atoms with Gasteiger partial charge >= 0.3 is 5.97 Å². The molecule has 0 amide bonds. The van der Waals surface area contributed by atoms with Crippen molar-refractivity contribution in [2.75, 3.05) is 6.61 Å². The van der Waals surface area contributed by atoms with Gasteiger partial charge in [0, 0.05) is 4.91 Å². The first-order valence-electron chi connectivity index (χ1n) is 5.60. The van der Waals surface area contributed by atoms with Gasteiger partial charge in [-0.2, -0.15) is 0 Å². The molecule has 0 spiro atoms. The number of benzene rings is 1. The van der Waals surface area contributed by atoms with E-state index in [2.05, 4.69) is 23.9 Å². The van der Waals surface area contributed by atoms with E-state index in [1.54, 1.807) is 0 Å². The van der Waals surface area contributed by atoms with Crippen molar-refractivity contribution in [2.45, 2.75) is 20.3 Å². The summed E-state index contributed by atoms with van der Waals surface area (Å²) in [5.74, 6) is -0.164. The van der Waals surface area contributed by atoms with Crippen LogP contribution in [0.25, 0.3) is 10.4 Å². The zero-order chi connectivity index (χ0) is 13.5. The second kappa shape index (κ2) is 6.51. The van der Waals surface area contributed by atoms with Gasteiger partial charge in [-0.25, -0.2) is 4.79 Å². The lowest BCUT2D eigenvalue weighted by atomic mass is 10.1. The zero-order valence-electron chi connectivity index (χ0n) is 10.3. The molecule has 0 aromatic heterocycles. The number of hydrogen-bond acceptors (Lipinski definition) is 3. The SMILES string of the molecule is CC(C)CCOc1ccc(C(=O)O)cc1N=[N+]=[N-]. The van der Waals surface area contributed by atoms with Crippen LogP contribution in [-0.4, -0.2) is 17.7 Å². The predicted octanol–water partition coefficient (Wildman–Crippen LogP) is 3.75. The zero-order valence-corrected chi connectivity index (χ0v) is 10.3. The third-order valence-corrected chi connectivity index (χ3v) is 2.31. The van der Waals surface area contributed by atoms with Gasteiger partial charge in [0.25, 0.3) is 0 Å². The Morgan fingerprint density at radius 3 is 2.83 bits per heavy atom. The van der Waals surface area contributed by atoms with Crippen LogP contribution in [0, 0.1) is 5.92 Å². The summed E-state index contributed by atoms with van der Waals surface area (Å²) in [6, 6.07) is 4.23. The fraction of sp³-hybridized carbons (Fsp3) is 0.417. The minimum atomic E-state index is -1.07. The highest BCUT2D eigenvalue weighted by Crippen LogP contribution is 2.29. The maximum absolute atomic E-state index is 10.8. The van der Waals surface area contributed by atoms with Gasteiger partial charge in [0.1, 0.15) is 5.75 Å². The molecule has 96 valence electrons. The summed E-state index contributed by atoms with van der Waals surface area (Å²) in [6.07, 6.45) is 0.871. The molecule has 0 fully saturated rings. The van der Waals surface area contributed by atoms with Crippen LogP contribution in [0.3, 0.4) is 0 Å². The van der Waals surface area contributed by atoms with Crippen molar-refractivity contribution < 1.29 is 14.6 Å². The summed E-state index contributed by atoms with van der Waals surface area (Å²) in [7, 11) is 0. The van der Waals surface area contributed by atoms with Crippen molar-refractivity contribution in [3.8, 4) is 5.75 Å². The summed E-state index contributed by atoms with van der Waals surface area (Å²) in [6.45, 7) is 4.65. The number of carbonyl (C=O) groups is 1. The van der Waals surface area contributed by atoms with Crippen LogP contribution >= 0.6 is 0 Å². The van der Waals surface area contributed by atoms with Crippen molar-refractivity contribution in [3.63, 3.8) is 0 Å². The average molecular weight is 249 g/mol. The fourth-order valence-corrected chi connectivity index (χ4v) is 1.30. The second-order valence-corrected chi connectivity index (χ2v) is 4.21. The van der Waals surface area contributed by atoms with Crippen molar-refractivity contribution in [1.82, 2.24) is 0 Å². The molecule has 0 aliphatic heterocycles. The molecule has 1 aromatic rings. The smallest absolute Gasteiger partial charge is 0.335 e. The van der Waals surface area contributed by atoms with Gasteiger partial charge in [-0.05, 0) is 36.1 Å². The third kappa shape index (κ3) is 3.99. The van der Waals surface area contributed by atoms with Gasteiger partial charge < -0.3 is 9.84 Å². The first-order valence-corrected chi connectivity index (χ1v) is 5.60. The third-order valence-electron chi connectivity index (χ3n) is 2.31. The number of carboxylic acids is 1. The van der Waals surface area contributed by atoms with Gasteiger partial charge in [-0.15, -0.1) is 0 Å². The lowest BCUT2D eigenvalue weighted by Gasteiger charge is -2.10. The minimum absolute atomic E-state index is 0.0635. The summed E-state index contributed by atoms with van der Waals surface area (Å²) >= 11 is 0. The van der Waals surface area contributed by atoms with Crippen LogP contribution in [0.1, 0.15) is 30.6 Å². The number of rotatable bonds is 6. The van der Waals surface area contributed by atoms with E-state index in [4.69, 9.17) is 15.4 Å². The number of azide groups is 1. The average Bonchev–Trinajstić information content (AvgIpc) is 2.30. The van der Waals surface area contributed by atoms with Crippen LogP contribution < -0.4 is 4.74 Å². The maximum Gasteiger partial charge on any atom is 0.335 e. The van der Waals surface area contributed by atoms with E-state index < -0.39 is 5.97 Å². The summed E-state index contributed by atoms with van der Waals surface area (Å²) in [4.78, 5) is 13.5. The Kier molecular flexibility index (Phi) is 5.02. The Balaban J connectivity index is 2.89. The van der Waals surface area contributed by atoms with Crippen molar-refractivity contribution >= 4 is 11.7 Å². The van der Waals surface area contributed by atoms with E-state index in [-0.39, 0.29) is 11.3 Å². The van der Waals surface area contributed by atoms with Crippen LogP contribution in [0.2, 0.25) is 0 Å². The van der Waals surface area contributed by atoms with Gasteiger partial charge in [-0.1, -0.05) is 19.0 Å². The molecule has 0 heterocycles. The van der Waals surface area contributed by atoms with Crippen molar-refractivity contribution in [3.05, 3.63) is 34.2 Å². The molecule has 18 heavy (non-hydrogen) atoms. The van der Waals surface area contributed by atoms with Crippen LogP contribution in [0.4, 0.5) is 5.69 Å². The molecule has 0 atom stereocenters. The maximum atomic E-state index is 10.8. The number of carboxylic acid groups (broad SMARTS) is 1.